The summed E-state index contributed by atoms with van der Waals surface area (Å²) in [7, 11) is 0. The average Bonchev–Trinajstić information content (AvgIpc) is 3.24. The average molecular weight is 342 g/mol. The monoisotopic (exact) mass is 342 g/mol. The van der Waals surface area contributed by atoms with Crippen LogP contribution in [0.25, 0.3) is 0 Å². The summed E-state index contributed by atoms with van der Waals surface area (Å²) in [5, 5.41) is 12.7. The number of amides is 2. The number of aliphatic hydroxyl groups is 1. The highest BCUT2D eigenvalue weighted by Gasteiger charge is 2.35. The molecule has 0 spiro atoms. The second-order valence-corrected chi connectivity index (χ2v) is 6.49. The highest BCUT2D eigenvalue weighted by molar-refractivity contribution is 6.00. The number of furan rings is 1. The van der Waals surface area contributed by atoms with E-state index in [2.05, 4.69) is 5.32 Å². The minimum atomic E-state index is -0.823. The summed E-state index contributed by atoms with van der Waals surface area (Å²) in [4.78, 5) is 26.3. The van der Waals surface area contributed by atoms with Crippen LogP contribution in [0.2, 0.25) is 0 Å². The smallest absolute Gasteiger partial charge is 0.227 e. The molecule has 3 rings (SSSR count). The highest BCUT2D eigenvalue weighted by atomic mass is 16.3. The van der Waals surface area contributed by atoms with E-state index in [1.54, 1.807) is 11.0 Å². The maximum atomic E-state index is 12.3. The minimum absolute atomic E-state index is 0.0567. The SMILES string of the molecule is Cc1ccc(N2C[C@H](C(=O)NC[C@@H](O)c3ccoc3)CC2=O)cc1C. The summed E-state index contributed by atoms with van der Waals surface area (Å²) in [5.74, 6) is -0.688. The minimum Gasteiger partial charge on any atom is -0.472 e. The van der Waals surface area contributed by atoms with E-state index in [0.29, 0.717) is 12.1 Å². The van der Waals surface area contributed by atoms with Crippen LogP contribution in [0.5, 0.6) is 0 Å². The molecule has 0 bridgehead atoms. The molecule has 2 aromatic rings. The summed E-state index contributed by atoms with van der Waals surface area (Å²) in [6, 6.07) is 7.50. The summed E-state index contributed by atoms with van der Waals surface area (Å²) < 4.78 is 4.91. The largest absolute Gasteiger partial charge is 0.472 e. The predicted octanol–water partition coefficient (Wildman–Crippen LogP) is 2.10. The Morgan fingerprint density at radius 3 is 2.84 bits per heavy atom. The lowest BCUT2D eigenvalue weighted by Crippen LogP contribution is -2.35. The maximum Gasteiger partial charge on any atom is 0.227 e. The topological polar surface area (TPSA) is 82.8 Å². The molecule has 1 aliphatic rings. The molecule has 0 aliphatic carbocycles. The van der Waals surface area contributed by atoms with Gasteiger partial charge in [0.15, 0.2) is 0 Å². The molecule has 1 fully saturated rings. The van der Waals surface area contributed by atoms with E-state index in [9.17, 15) is 14.7 Å². The Hall–Kier alpha value is -2.60. The highest BCUT2D eigenvalue weighted by Crippen LogP contribution is 2.27. The van der Waals surface area contributed by atoms with E-state index in [1.807, 2.05) is 32.0 Å². The number of hydrogen-bond acceptors (Lipinski definition) is 4. The third-order valence-electron chi connectivity index (χ3n) is 4.70. The van der Waals surface area contributed by atoms with Gasteiger partial charge in [0.1, 0.15) is 0 Å². The van der Waals surface area contributed by atoms with E-state index in [4.69, 9.17) is 4.42 Å². The number of aliphatic hydroxyl groups excluding tert-OH is 1. The van der Waals surface area contributed by atoms with Crippen LogP contribution in [-0.2, 0) is 9.59 Å². The van der Waals surface area contributed by atoms with Gasteiger partial charge >= 0.3 is 0 Å². The molecular formula is C19H22N2O4. The fraction of sp³-hybridized carbons (Fsp3) is 0.368. The number of aryl methyl sites for hydroxylation is 2. The second kappa shape index (κ2) is 7.11. The third-order valence-corrected chi connectivity index (χ3v) is 4.70. The van der Waals surface area contributed by atoms with Crippen molar-refractivity contribution in [3.8, 4) is 0 Å². The molecule has 2 amide bonds. The summed E-state index contributed by atoms with van der Waals surface area (Å²) >= 11 is 0. The summed E-state index contributed by atoms with van der Waals surface area (Å²) in [6.07, 6.45) is 2.27. The Balaban J connectivity index is 1.59. The van der Waals surface area contributed by atoms with Gasteiger partial charge in [-0.3, -0.25) is 9.59 Å². The van der Waals surface area contributed by atoms with E-state index in [1.165, 1.54) is 12.5 Å². The van der Waals surface area contributed by atoms with Gasteiger partial charge in [0, 0.05) is 30.8 Å². The third kappa shape index (κ3) is 3.74. The Kier molecular flexibility index (Phi) is 4.90. The Bertz CT molecular complexity index is 770. The van der Waals surface area contributed by atoms with E-state index in [-0.39, 0.29) is 24.8 Å². The first-order valence-corrected chi connectivity index (χ1v) is 8.31. The molecule has 25 heavy (non-hydrogen) atoms. The van der Waals surface area contributed by atoms with Crippen molar-refractivity contribution in [2.75, 3.05) is 18.0 Å². The lowest BCUT2D eigenvalue weighted by atomic mass is 10.1. The van der Waals surface area contributed by atoms with Gasteiger partial charge in [0.05, 0.1) is 24.5 Å². The van der Waals surface area contributed by atoms with Gasteiger partial charge in [-0.05, 0) is 43.2 Å². The fourth-order valence-corrected chi connectivity index (χ4v) is 2.95. The van der Waals surface area contributed by atoms with Gasteiger partial charge in [-0.25, -0.2) is 0 Å². The number of carbonyl (C=O) groups is 2. The van der Waals surface area contributed by atoms with Crippen molar-refractivity contribution in [2.24, 2.45) is 5.92 Å². The number of carbonyl (C=O) groups excluding carboxylic acids is 2. The van der Waals surface area contributed by atoms with Crippen LogP contribution in [0.1, 0.15) is 29.2 Å². The molecule has 2 N–H and O–H groups in total. The van der Waals surface area contributed by atoms with Crippen LogP contribution < -0.4 is 10.2 Å². The van der Waals surface area contributed by atoms with Crippen molar-refractivity contribution in [1.82, 2.24) is 5.32 Å². The zero-order chi connectivity index (χ0) is 18.0. The Labute approximate surface area is 146 Å². The van der Waals surface area contributed by atoms with Crippen molar-refractivity contribution < 1.29 is 19.1 Å². The number of nitrogens with one attached hydrogen (secondary N) is 1. The zero-order valence-electron chi connectivity index (χ0n) is 14.4. The van der Waals surface area contributed by atoms with Crippen molar-refractivity contribution in [1.29, 1.82) is 0 Å². The molecule has 1 aromatic heterocycles. The van der Waals surface area contributed by atoms with E-state index < -0.39 is 12.0 Å². The number of nitrogens with zero attached hydrogens (tertiary/aromatic N) is 1. The van der Waals surface area contributed by atoms with Gasteiger partial charge in [-0.15, -0.1) is 0 Å². The van der Waals surface area contributed by atoms with Gasteiger partial charge in [0.2, 0.25) is 11.8 Å². The van der Waals surface area contributed by atoms with Crippen LogP contribution >= 0.6 is 0 Å². The molecule has 0 radical (unpaired) electrons. The maximum absolute atomic E-state index is 12.3. The van der Waals surface area contributed by atoms with Crippen molar-refractivity contribution in [3.63, 3.8) is 0 Å². The van der Waals surface area contributed by atoms with Crippen molar-refractivity contribution in [2.45, 2.75) is 26.4 Å². The molecule has 1 aromatic carbocycles. The first-order valence-electron chi connectivity index (χ1n) is 8.31. The number of hydrogen-bond donors (Lipinski definition) is 2. The van der Waals surface area contributed by atoms with Crippen LogP contribution in [-0.4, -0.2) is 30.0 Å². The standard InChI is InChI=1S/C19H22N2O4/c1-12-3-4-16(7-13(12)2)21-10-15(8-18(21)23)19(24)20-9-17(22)14-5-6-25-11-14/h3-7,11,15,17,22H,8-10H2,1-2H3,(H,20,24)/t15-,17-/m1/s1. The Morgan fingerprint density at radius 2 is 2.16 bits per heavy atom. The van der Waals surface area contributed by atoms with Crippen molar-refractivity contribution >= 4 is 17.5 Å². The van der Waals surface area contributed by atoms with Crippen LogP contribution in [0.15, 0.2) is 41.2 Å². The molecule has 6 nitrogen and oxygen atoms in total. The lowest BCUT2D eigenvalue weighted by Gasteiger charge is -2.18. The summed E-state index contributed by atoms with van der Waals surface area (Å²) in [5.41, 5.74) is 3.71. The van der Waals surface area contributed by atoms with Gasteiger partial charge < -0.3 is 19.7 Å². The molecule has 132 valence electrons. The first-order chi connectivity index (χ1) is 12.0. The van der Waals surface area contributed by atoms with E-state index in [0.717, 1.165) is 16.8 Å². The Morgan fingerprint density at radius 1 is 1.36 bits per heavy atom. The molecule has 1 aliphatic heterocycles. The molecule has 0 saturated carbocycles. The van der Waals surface area contributed by atoms with Crippen molar-refractivity contribution in [3.05, 3.63) is 53.5 Å². The van der Waals surface area contributed by atoms with Crippen LogP contribution in [0.3, 0.4) is 0 Å². The fourth-order valence-electron chi connectivity index (χ4n) is 2.95. The van der Waals surface area contributed by atoms with E-state index >= 15 is 0 Å². The normalized spacial score (nSPS) is 18.4. The van der Waals surface area contributed by atoms with Crippen LogP contribution in [0, 0.1) is 19.8 Å². The molecule has 2 atom stereocenters. The predicted molar refractivity (Wildman–Crippen MR) is 93.1 cm³/mol. The quantitative estimate of drug-likeness (QED) is 0.872. The zero-order valence-corrected chi connectivity index (χ0v) is 14.4. The molecule has 2 heterocycles. The van der Waals surface area contributed by atoms with Gasteiger partial charge in [0.25, 0.3) is 0 Å². The molecule has 1 saturated heterocycles. The molecular weight excluding hydrogens is 320 g/mol. The number of rotatable bonds is 5. The summed E-state index contributed by atoms with van der Waals surface area (Å²) in [6.45, 7) is 4.47. The lowest BCUT2D eigenvalue weighted by molar-refractivity contribution is -0.126. The first kappa shape index (κ1) is 17.2. The van der Waals surface area contributed by atoms with Crippen LogP contribution in [0.4, 0.5) is 5.69 Å². The van der Waals surface area contributed by atoms with Gasteiger partial charge in [-0.1, -0.05) is 6.07 Å². The van der Waals surface area contributed by atoms with Gasteiger partial charge in [-0.2, -0.15) is 0 Å². The number of benzene rings is 1. The number of anilines is 1. The second-order valence-electron chi connectivity index (χ2n) is 6.49. The molecule has 0 unspecified atom stereocenters. The molecule has 6 heteroatoms.